The third kappa shape index (κ3) is 3.44. The number of methoxy groups -OCH3 is 1. The van der Waals surface area contributed by atoms with E-state index in [0.29, 0.717) is 0 Å². The Morgan fingerprint density at radius 2 is 2.10 bits per heavy atom. The molecule has 0 spiro atoms. The molecule has 0 saturated carbocycles. The van der Waals surface area contributed by atoms with Gasteiger partial charge >= 0.3 is 5.69 Å². The third-order valence-electron chi connectivity index (χ3n) is 2.68. The first-order valence-electron chi connectivity index (χ1n) is 5.81. The summed E-state index contributed by atoms with van der Waals surface area (Å²) in [5, 5.41) is 20.1. The normalized spacial score (nSPS) is 11.8. The highest BCUT2D eigenvalue weighted by Crippen LogP contribution is 2.29. The molecule has 112 valence electrons. The molecule has 0 atom stereocenters. The molecule has 0 aliphatic carbocycles. The fourth-order valence-corrected chi connectivity index (χ4v) is 3.05. The number of nitro benzene ring substituents is 1. The standard InChI is InChI=1S/C11H16N2O6S/c1-3-12(6-7-19-2)20(17,18)9-4-5-11(14)10(8-9)13(15)16/h4-5,8,14H,3,6-7H2,1-2H3. The third-order valence-corrected chi connectivity index (χ3v) is 4.65. The van der Waals surface area contributed by atoms with E-state index in [1.807, 2.05) is 0 Å². The van der Waals surface area contributed by atoms with Crippen molar-refractivity contribution in [2.24, 2.45) is 0 Å². The van der Waals surface area contributed by atoms with Crippen molar-refractivity contribution < 1.29 is 23.2 Å². The zero-order chi connectivity index (χ0) is 15.3. The van der Waals surface area contributed by atoms with Crippen LogP contribution in [-0.2, 0) is 14.8 Å². The second kappa shape index (κ2) is 6.64. The number of hydrogen-bond donors (Lipinski definition) is 1. The van der Waals surface area contributed by atoms with Crippen molar-refractivity contribution >= 4 is 15.7 Å². The van der Waals surface area contributed by atoms with Gasteiger partial charge in [0.25, 0.3) is 0 Å². The molecule has 0 amide bonds. The van der Waals surface area contributed by atoms with Crippen molar-refractivity contribution in [3.05, 3.63) is 28.3 Å². The Morgan fingerprint density at radius 3 is 2.60 bits per heavy atom. The van der Waals surface area contributed by atoms with Crippen molar-refractivity contribution in [2.75, 3.05) is 26.8 Å². The summed E-state index contributed by atoms with van der Waals surface area (Å²) in [6, 6.07) is 2.97. The van der Waals surface area contributed by atoms with E-state index in [1.165, 1.54) is 7.11 Å². The van der Waals surface area contributed by atoms with E-state index in [0.717, 1.165) is 22.5 Å². The molecule has 0 bridgehead atoms. The molecule has 20 heavy (non-hydrogen) atoms. The van der Waals surface area contributed by atoms with E-state index in [2.05, 4.69) is 0 Å². The maximum Gasteiger partial charge on any atom is 0.312 e. The zero-order valence-corrected chi connectivity index (χ0v) is 12.0. The zero-order valence-electron chi connectivity index (χ0n) is 11.1. The minimum Gasteiger partial charge on any atom is -0.502 e. The number of phenols is 1. The fraction of sp³-hybridized carbons (Fsp3) is 0.455. The van der Waals surface area contributed by atoms with Crippen LogP contribution in [-0.4, -0.2) is 49.6 Å². The summed E-state index contributed by atoms with van der Waals surface area (Å²) >= 11 is 0. The summed E-state index contributed by atoms with van der Waals surface area (Å²) in [4.78, 5) is 9.66. The van der Waals surface area contributed by atoms with Gasteiger partial charge in [0.15, 0.2) is 5.75 Å². The molecule has 0 aliphatic rings. The van der Waals surface area contributed by atoms with Crippen molar-refractivity contribution in [3.63, 3.8) is 0 Å². The Kier molecular flexibility index (Phi) is 5.43. The Labute approximate surface area is 116 Å². The predicted octanol–water partition coefficient (Wildman–Crippen LogP) is 0.957. The van der Waals surface area contributed by atoms with Crippen LogP contribution in [0, 0.1) is 10.1 Å². The molecule has 9 heteroatoms. The number of hydrogen-bond acceptors (Lipinski definition) is 6. The molecule has 8 nitrogen and oxygen atoms in total. The lowest BCUT2D eigenvalue weighted by Crippen LogP contribution is -2.33. The molecule has 0 saturated heterocycles. The average molecular weight is 304 g/mol. The van der Waals surface area contributed by atoms with Crippen molar-refractivity contribution in [3.8, 4) is 5.75 Å². The van der Waals surface area contributed by atoms with Gasteiger partial charge in [0.2, 0.25) is 10.0 Å². The molecular formula is C11H16N2O6S. The first kappa shape index (κ1) is 16.3. The maximum absolute atomic E-state index is 12.3. The van der Waals surface area contributed by atoms with E-state index in [-0.39, 0.29) is 24.6 Å². The van der Waals surface area contributed by atoms with E-state index >= 15 is 0 Å². The van der Waals surface area contributed by atoms with Crippen molar-refractivity contribution in [1.29, 1.82) is 0 Å². The lowest BCUT2D eigenvalue weighted by molar-refractivity contribution is -0.386. The lowest BCUT2D eigenvalue weighted by Gasteiger charge is -2.19. The summed E-state index contributed by atoms with van der Waals surface area (Å²) < 4.78 is 30.6. The van der Waals surface area contributed by atoms with Gasteiger partial charge in [-0.05, 0) is 12.1 Å². The second-order valence-electron chi connectivity index (χ2n) is 3.90. The van der Waals surface area contributed by atoms with E-state index in [9.17, 15) is 23.6 Å². The van der Waals surface area contributed by atoms with Gasteiger partial charge in [-0.3, -0.25) is 10.1 Å². The van der Waals surface area contributed by atoms with Crippen LogP contribution in [0.15, 0.2) is 23.1 Å². The van der Waals surface area contributed by atoms with Gasteiger partial charge in [-0.2, -0.15) is 4.31 Å². The van der Waals surface area contributed by atoms with Crippen LogP contribution in [0.1, 0.15) is 6.92 Å². The molecule has 0 aliphatic heterocycles. The molecule has 0 heterocycles. The van der Waals surface area contributed by atoms with E-state index in [4.69, 9.17) is 4.74 Å². The highest BCUT2D eigenvalue weighted by Gasteiger charge is 2.26. The minimum absolute atomic E-state index is 0.143. The Morgan fingerprint density at radius 1 is 1.45 bits per heavy atom. The monoisotopic (exact) mass is 304 g/mol. The number of ether oxygens (including phenoxy) is 1. The first-order chi connectivity index (χ1) is 9.34. The molecule has 1 rings (SSSR count). The summed E-state index contributed by atoms with van der Waals surface area (Å²) in [5.74, 6) is -0.575. The van der Waals surface area contributed by atoms with Gasteiger partial charge < -0.3 is 9.84 Å². The van der Waals surface area contributed by atoms with E-state index < -0.39 is 26.4 Å². The number of benzene rings is 1. The number of phenolic OH excluding ortho intramolecular Hbond substituents is 1. The number of sulfonamides is 1. The van der Waals surface area contributed by atoms with Gasteiger partial charge in [-0.25, -0.2) is 8.42 Å². The number of likely N-dealkylation sites (N-methyl/N-ethyl adjacent to an activating group) is 1. The fourth-order valence-electron chi connectivity index (χ4n) is 1.60. The number of nitrogens with zero attached hydrogens (tertiary/aromatic N) is 2. The SMILES string of the molecule is CCN(CCOC)S(=O)(=O)c1ccc(O)c([N+](=O)[O-])c1. The maximum atomic E-state index is 12.3. The number of rotatable bonds is 7. The summed E-state index contributed by atoms with van der Waals surface area (Å²) in [5.41, 5.74) is -0.645. The molecule has 1 N–H and O–H groups in total. The molecule has 1 aromatic rings. The van der Waals surface area contributed by atoms with Gasteiger partial charge in [0.05, 0.1) is 16.4 Å². The van der Waals surface area contributed by atoms with Crippen LogP contribution >= 0.6 is 0 Å². The molecule has 0 aromatic heterocycles. The Bertz CT molecular complexity index is 587. The van der Waals surface area contributed by atoms with Crippen LogP contribution in [0.3, 0.4) is 0 Å². The number of nitro groups is 1. The van der Waals surface area contributed by atoms with Crippen LogP contribution in [0.25, 0.3) is 0 Å². The van der Waals surface area contributed by atoms with Crippen LogP contribution in [0.5, 0.6) is 5.75 Å². The van der Waals surface area contributed by atoms with Crippen LogP contribution in [0.4, 0.5) is 5.69 Å². The highest BCUT2D eigenvalue weighted by atomic mass is 32.2. The quantitative estimate of drug-likeness (QED) is 0.593. The smallest absolute Gasteiger partial charge is 0.312 e. The Hall–Kier alpha value is -1.71. The Balaban J connectivity index is 3.20. The van der Waals surface area contributed by atoms with Crippen molar-refractivity contribution in [1.82, 2.24) is 4.31 Å². The average Bonchev–Trinajstić information content (AvgIpc) is 2.39. The number of aromatic hydroxyl groups is 1. The van der Waals surface area contributed by atoms with Crippen LogP contribution in [0.2, 0.25) is 0 Å². The predicted molar refractivity (Wildman–Crippen MR) is 71.1 cm³/mol. The molecule has 0 unspecified atom stereocenters. The van der Waals surface area contributed by atoms with Crippen molar-refractivity contribution in [2.45, 2.75) is 11.8 Å². The van der Waals surface area contributed by atoms with Crippen LogP contribution < -0.4 is 0 Å². The molecule has 0 fully saturated rings. The van der Waals surface area contributed by atoms with Gasteiger partial charge in [-0.15, -0.1) is 0 Å². The topological polar surface area (TPSA) is 110 Å². The van der Waals surface area contributed by atoms with Gasteiger partial charge in [0, 0.05) is 26.3 Å². The van der Waals surface area contributed by atoms with E-state index in [1.54, 1.807) is 6.92 Å². The molecule has 1 aromatic carbocycles. The minimum atomic E-state index is -3.86. The summed E-state index contributed by atoms with van der Waals surface area (Å²) in [7, 11) is -2.41. The van der Waals surface area contributed by atoms with Gasteiger partial charge in [0.1, 0.15) is 0 Å². The lowest BCUT2D eigenvalue weighted by atomic mass is 10.3. The first-order valence-corrected chi connectivity index (χ1v) is 7.25. The van der Waals surface area contributed by atoms with Gasteiger partial charge in [-0.1, -0.05) is 6.92 Å². The second-order valence-corrected chi connectivity index (χ2v) is 5.84. The molecule has 0 radical (unpaired) electrons. The largest absolute Gasteiger partial charge is 0.502 e. The summed E-state index contributed by atoms with van der Waals surface area (Å²) in [6.45, 7) is 2.22. The molecular weight excluding hydrogens is 288 g/mol. The summed E-state index contributed by atoms with van der Waals surface area (Å²) in [6.07, 6.45) is 0. The highest BCUT2D eigenvalue weighted by molar-refractivity contribution is 7.89.